The number of hydrogen-bond acceptors (Lipinski definition) is 3. The predicted molar refractivity (Wildman–Crippen MR) is 123 cm³/mol. The lowest BCUT2D eigenvalue weighted by atomic mass is 9.88. The van der Waals surface area contributed by atoms with Crippen molar-refractivity contribution in [3.63, 3.8) is 0 Å². The van der Waals surface area contributed by atoms with Gasteiger partial charge < -0.3 is 14.6 Å². The Morgan fingerprint density at radius 1 is 0.893 bits per heavy atom. The van der Waals surface area contributed by atoms with E-state index in [1.54, 1.807) is 0 Å². The summed E-state index contributed by atoms with van der Waals surface area (Å²) in [5, 5.41) is 10.5. The van der Waals surface area contributed by atoms with Gasteiger partial charge in [0.1, 0.15) is 6.10 Å². The molecule has 0 bridgehead atoms. The number of aliphatic hydroxyl groups excluding tert-OH is 1. The first-order valence-electron chi connectivity index (χ1n) is 12.1. The van der Waals surface area contributed by atoms with Gasteiger partial charge in [-0.15, -0.1) is 0 Å². The third-order valence-corrected chi connectivity index (χ3v) is 6.63. The van der Waals surface area contributed by atoms with Crippen molar-refractivity contribution in [2.24, 2.45) is 5.92 Å². The van der Waals surface area contributed by atoms with Crippen LogP contribution in [0.5, 0.6) is 0 Å². The Kier molecular flexibility index (Phi) is 16.1. The van der Waals surface area contributed by atoms with E-state index in [0.29, 0.717) is 12.5 Å². The van der Waals surface area contributed by atoms with Crippen LogP contribution in [0.3, 0.4) is 0 Å². The highest BCUT2D eigenvalue weighted by atomic mass is 79.9. The van der Waals surface area contributed by atoms with Gasteiger partial charge in [-0.25, -0.2) is 0 Å². The van der Waals surface area contributed by atoms with Crippen molar-refractivity contribution in [2.45, 2.75) is 128 Å². The van der Waals surface area contributed by atoms with Crippen molar-refractivity contribution in [2.75, 3.05) is 18.5 Å². The zero-order valence-electron chi connectivity index (χ0n) is 18.7. The zero-order valence-corrected chi connectivity index (χ0v) is 20.3. The van der Waals surface area contributed by atoms with Crippen LogP contribution in [-0.2, 0) is 9.47 Å². The topological polar surface area (TPSA) is 38.7 Å². The fraction of sp³-hybridized carbons (Fsp3) is 1.00. The molecule has 0 spiro atoms. The molecule has 1 rings (SSSR count). The Balaban J connectivity index is 2.29. The lowest BCUT2D eigenvalue weighted by Gasteiger charge is -2.28. The van der Waals surface area contributed by atoms with Crippen LogP contribution < -0.4 is 0 Å². The molecule has 28 heavy (non-hydrogen) atoms. The summed E-state index contributed by atoms with van der Waals surface area (Å²) in [6.45, 7) is 4.94. The lowest BCUT2D eigenvalue weighted by Crippen LogP contribution is -2.30. The molecule has 0 amide bonds. The SMILES string of the molecule is CCCCCCCCCC(CCCCCCCCBr)CC1(C)OC[C@@H](CO)O1. The fourth-order valence-corrected chi connectivity index (χ4v) is 4.78. The molecule has 3 nitrogen and oxygen atoms in total. The summed E-state index contributed by atoms with van der Waals surface area (Å²) in [6, 6.07) is 0. The van der Waals surface area contributed by atoms with E-state index in [2.05, 4.69) is 29.8 Å². The van der Waals surface area contributed by atoms with E-state index in [1.165, 1.54) is 96.3 Å². The van der Waals surface area contributed by atoms with Gasteiger partial charge in [0.25, 0.3) is 0 Å². The van der Waals surface area contributed by atoms with Crippen molar-refractivity contribution in [1.82, 2.24) is 0 Å². The van der Waals surface area contributed by atoms with Crippen molar-refractivity contribution < 1.29 is 14.6 Å². The van der Waals surface area contributed by atoms with E-state index in [0.717, 1.165) is 11.8 Å². The summed E-state index contributed by atoms with van der Waals surface area (Å²) in [7, 11) is 0. The highest BCUT2D eigenvalue weighted by Gasteiger charge is 2.38. The Hall–Kier alpha value is 0.360. The maximum absolute atomic E-state index is 9.35. The number of halogens is 1. The Morgan fingerprint density at radius 2 is 1.43 bits per heavy atom. The van der Waals surface area contributed by atoms with Crippen LogP contribution in [0.1, 0.15) is 117 Å². The van der Waals surface area contributed by atoms with Crippen molar-refractivity contribution >= 4 is 15.9 Å². The molecule has 0 aliphatic carbocycles. The molecule has 2 unspecified atom stereocenters. The van der Waals surface area contributed by atoms with E-state index in [-0.39, 0.29) is 12.7 Å². The molecule has 0 aromatic rings. The zero-order chi connectivity index (χ0) is 20.5. The summed E-state index contributed by atoms with van der Waals surface area (Å²) in [5.74, 6) is 0.190. The van der Waals surface area contributed by atoms with Crippen LogP contribution in [0.25, 0.3) is 0 Å². The lowest BCUT2D eigenvalue weighted by molar-refractivity contribution is -0.170. The Labute approximate surface area is 183 Å². The van der Waals surface area contributed by atoms with E-state index in [1.807, 2.05) is 0 Å². The summed E-state index contributed by atoms with van der Waals surface area (Å²) in [5.41, 5.74) is 0. The molecule has 1 heterocycles. The molecule has 1 aliphatic heterocycles. The van der Waals surface area contributed by atoms with Gasteiger partial charge in [0.15, 0.2) is 5.79 Å². The average Bonchev–Trinajstić information content (AvgIpc) is 3.07. The summed E-state index contributed by atoms with van der Waals surface area (Å²) in [6.07, 6.45) is 21.1. The van der Waals surface area contributed by atoms with E-state index < -0.39 is 5.79 Å². The number of rotatable bonds is 19. The first-order valence-corrected chi connectivity index (χ1v) is 13.2. The summed E-state index contributed by atoms with van der Waals surface area (Å²) in [4.78, 5) is 0. The second-order valence-corrected chi connectivity index (χ2v) is 9.74. The molecule has 1 saturated heterocycles. The Bertz CT molecular complexity index is 335. The van der Waals surface area contributed by atoms with Gasteiger partial charge >= 0.3 is 0 Å². The standard InChI is InChI=1S/C24H47BrO3/c1-3-4-5-6-7-10-13-16-22(17-14-11-8-9-12-15-18-25)19-24(2)27-21-23(20-26)28-24/h22-23,26H,3-21H2,1-2H3/t22?,23-,24?/m1/s1. The molecule has 0 aromatic carbocycles. The minimum atomic E-state index is -0.491. The third kappa shape index (κ3) is 12.8. The van der Waals surface area contributed by atoms with Gasteiger partial charge in [0, 0.05) is 11.8 Å². The fourth-order valence-electron chi connectivity index (χ4n) is 4.38. The summed E-state index contributed by atoms with van der Waals surface area (Å²) < 4.78 is 11.9. The van der Waals surface area contributed by atoms with Crippen LogP contribution in [0.15, 0.2) is 0 Å². The predicted octanol–water partition coefficient (Wildman–Crippen LogP) is 7.38. The van der Waals surface area contributed by atoms with Crippen LogP contribution in [0.2, 0.25) is 0 Å². The maximum Gasteiger partial charge on any atom is 0.166 e. The molecule has 4 heteroatoms. The molecule has 0 saturated carbocycles. The van der Waals surface area contributed by atoms with Gasteiger partial charge in [-0.2, -0.15) is 0 Å². The third-order valence-electron chi connectivity index (χ3n) is 6.07. The van der Waals surface area contributed by atoms with Gasteiger partial charge in [-0.1, -0.05) is 113 Å². The van der Waals surface area contributed by atoms with E-state index >= 15 is 0 Å². The van der Waals surface area contributed by atoms with E-state index in [9.17, 15) is 5.11 Å². The van der Waals surface area contributed by atoms with Crippen LogP contribution in [0, 0.1) is 5.92 Å². The quantitative estimate of drug-likeness (QED) is 0.160. The van der Waals surface area contributed by atoms with Crippen molar-refractivity contribution in [1.29, 1.82) is 0 Å². The second kappa shape index (κ2) is 17.1. The molecule has 1 fully saturated rings. The number of hydrogen-bond donors (Lipinski definition) is 1. The highest BCUT2D eigenvalue weighted by Crippen LogP contribution is 2.34. The van der Waals surface area contributed by atoms with Crippen molar-refractivity contribution in [3.8, 4) is 0 Å². The number of unbranched alkanes of at least 4 members (excludes halogenated alkanes) is 11. The number of alkyl halides is 1. The first kappa shape index (κ1) is 26.4. The molecular weight excluding hydrogens is 416 g/mol. The molecule has 0 aromatic heterocycles. The number of aliphatic hydroxyl groups is 1. The summed E-state index contributed by atoms with van der Waals surface area (Å²) >= 11 is 3.52. The van der Waals surface area contributed by atoms with Gasteiger partial charge in [0.05, 0.1) is 13.2 Å². The normalized spacial score (nSPS) is 23.4. The monoisotopic (exact) mass is 462 g/mol. The smallest absolute Gasteiger partial charge is 0.166 e. The minimum absolute atomic E-state index is 0.0619. The molecule has 1 N–H and O–H groups in total. The van der Waals surface area contributed by atoms with Crippen LogP contribution in [0.4, 0.5) is 0 Å². The maximum atomic E-state index is 9.35. The van der Waals surface area contributed by atoms with Crippen LogP contribution in [-0.4, -0.2) is 35.5 Å². The highest BCUT2D eigenvalue weighted by molar-refractivity contribution is 9.09. The van der Waals surface area contributed by atoms with E-state index in [4.69, 9.17) is 9.47 Å². The minimum Gasteiger partial charge on any atom is -0.394 e. The van der Waals surface area contributed by atoms with Crippen LogP contribution >= 0.6 is 15.9 Å². The molecule has 0 radical (unpaired) electrons. The van der Waals surface area contributed by atoms with Gasteiger partial charge in [-0.05, 0) is 19.3 Å². The molecular formula is C24H47BrO3. The molecule has 3 atom stereocenters. The first-order chi connectivity index (χ1) is 13.6. The van der Waals surface area contributed by atoms with Gasteiger partial charge in [0.2, 0.25) is 0 Å². The Morgan fingerprint density at radius 3 is 1.93 bits per heavy atom. The molecule has 168 valence electrons. The van der Waals surface area contributed by atoms with Gasteiger partial charge in [-0.3, -0.25) is 0 Å². The molecule has 1 aliphatic rings. The second-order valence-electron chi connectivity index (χ2n) is 8.95. The van der Waals surface area contributed by atoms with Crippen molar-refractivity contribution in [3.05, 3.63) is 0 Å². The largest absolute Gasteiger partial charge is 0.394 e. The average molecular weight is 464 g/mol. The number of ether oxygens (including phenoxy) is 2.